The van der Waals surface area contributed by atoms with Gasteiger partial charge in [-0.05, 0) is 90.4 Å². The fraction of sp³-hybridized carbons (Fsp3) is 0.318. The van der Waals surface area contributed by atoms with E-state index in [4.69, 9.17) is 39.8 Å². The van der Waals surface area contributed by atoms with Crippen molar-refractivity contribution in [3.63, 3.8) is 0 Å². The molecule has 2 aliphatic rings. The number of hydrogen-bond donors (Lipinski definition) is 1. The van der Waals surface area contributed by atoms with Crippen molar-refractivity contribution < 1.29 is 18.0 Å². The van der Waals surface area contributed by atoms with Gasteiger partial charge in [0.1, 0.15) is 0 Å². The van der Waals surface area contributed by atoms with Crippen molar-refractivity contribution in [3.8, 4) is 11.3 Å². The number of amides is 2. The molecular formula is C44H45Cl3N6O4S. The van der Waals surface area contributed by atoms with Crippen molar-refractivity contribution in [1.29, 1.82) is 0 Å². The molecule has 0 unspecified atom stereocenters. The Morgan fingerprint density at radius 3 is 2.29 bits per heavy atom. The van der Waals surface area contributed by atoms with E-state index in [-0.39, 0.29) is 27.0 Å². The van der Waals surface area contributed by atoms with E-state index in [9.17, 15) is 18.0 Å². The van der Waals surface area contributed by atoms with Crippen LogP contribution < -0.4 is 14.5 Å². The number of carbonyl (C=O) groups is 2. The maximum atomic E-state index is 14.5. The zero-order valence-corrected chi connectivity index (χ0v) is 35.6. The summed E-state index contributed by atoms with van der Waals surface area (Å²) in [5.41, 5.74) is 5.91. The number of anilines is 2. The highest BCUT2D eigenvalue weighted by Gasteiger charge is 2.29. The summed E-state index contributed by atoms with van der Waals surface area (Å²) in [6.45, 7) is 7.91. The predicted molar refractivity (Wildman–Crippen MR) is 232 cm³/mol. The van der Waals surface area contributed by atoms with Crippen LogP contribution in [0.5, 0.6) is 0 Å². The molecule has 302 valence electrons. The molecule has 1 N–H and O–H groups in total. The lowest BCUT2D eigenvalue weighted by molar-refractivity contribution is 0.0735. The second kappa shape index (κ2) is 18.1. The maximum absolute atomic E-state index is 14.5. The summed E-state index contributed by atoms with van der Waals surface area (Å²) in [5, 5.41) is 1.20. The molecule has 0 radical (unpaired) electrons. The minimum atomic E-state index is -4.30. The van der Waals surface area contributed by atoms with Crippen LogP contribution in [-0.2, 0) is 36.0 Å². The average Bonchev–Trinajstić information content (AvgIpc) is 3.63. The van der Waals surface area contributed by atoms with Gasteiger partial charge in [0.05, 0.1) is 31.9 Å². The summed E-state index contributed by atoms with van der Waals surface area (Å²) in [7, 11) is -4.30. The molecule has 0 aliphatic carbocycles. The Morgan fingerprint density at radius 1 is 0.810 bits per heavy atom. The number of benzene rings is 4. The monoisotopic (exact) mass is 858 g/mol. The highest BCUT2D eigenvalue weighted by atomic mass is 35.5. The Kier molecular flexibility index (Phi) is 12.9. The van der Waals surface area contributed by atoms with E-state index in [0.717, 1.165) is 61.2 Å². The van der Waals surface area contributed by atoms with Crippen LogP contribution in [0.25, 0.3) is 11.3 Å². The zero-order chi connectivity index (χ0) is 41.0. The van der Waals surface area contributed by atoms with E-state index in [1.165, 1.54) is 23.8 Å². The molecule has 58 heavy (non-hydrogen) atoms. The molecule has 2 amide bonds. The fourth-order valence-corrected chi connectivity index (χ4v) is 9.03. The smallest absolute Gasteiger partial charge is 0.265 e. The second-order valence-corrected chi connectivity index (χ2v) is 17.6. The summed E-state index contributed by atoms with van der Waals surface area (Å²) in [6, 6.07) is 22.9. The number of nitrogens with zero attached hydrogens (tertiary/aromatic N) is 5. The molecule has 0 atom stereocenters. The summed E-state index contributed by atoms with van der Waals surface area (Å²) < 4.78 is 29.7. The van der Waals surface area contributed by atoms with Crippen LogP contribution in [0.2, 0.25) is 15.1 Å². The molecule has 4 aromatic carbocycles. The van der Waals surface area contributed by atoms with Crippen LogP contribution in [0.15, 0.2) is 90.0 Å². The van der Waals surface area contributed by atoms with Crippen molar-refractivity contribution in [2.45, 2.75) is 70.4 Å². The maximum Gasteiger partial charge on any atom is 0.265 e. The van der Waals surface area contributed by atoms with Crippen molar-refractivity contribution in [1.82, 2.24) is 19.6 Å². The van der Waals surface area contributed by atoms with Gasteiger partial charge in [0, 0.05) is 61.6 Å². The first-order valence-electron chi connectivity index (χ1n) is 19.6. The van der Waals surface area contributed by atoms with Crippen molar-refractivity contribution in [2.24, 2.45) is 0 Å². The molecular weight excluding hydrogens is 815 g/mol. The first-order valence-corrected chi connectivity index (χ1v) is 22.2. The van der Waals surface area contributed by atoms with Gasteiger partial charge >= 0.3 is 0 Å². The van der Waals surface area contributed by atoms with Crippen LogP contribution in [0.4, 0.5) is 11.6 Å². The Balaban J connectivity index is 1.18. The SMILES string of the molecule is CCCCN(CCCC)c1ncc(Cl)c(-c2ccc(C(=O)NS(=O)(=O)c3ccc4c(c3)CCN4Cc3ccc(Cl)c(Cl)c3)cc2C(=O)N2CCc3ccccc3C2)n1. The predicted octanol–water partition coefficient (Wildman–Crippen LogP) is 9.39. The minimum Gasteiger partial charge on any atom is -0.367 e. The van der Waals surface area contributed by atoms with E-state index in [1.54, 1.807) is 35.4 Å². The molecule has 1 aromatic heterocycles. The molecule has 0 bridgehead atoms. The van der Waals surface area contributed by atoms with Crippen LogP contribution in [-0.4, -0.2) is 61.3 Å². The molecule has 14 heteroatoms. The normalized spacial score (nSPS) is 13.6. The Bertz CT molecular complexity index is 2460. The van der Waals surface area contributed by atoms with Gasteiger partial charge in [-0.1, -0.05) is 97.9 Å². The molecule has 3 heterocycles. The molecule has 0 fully saturated rings. The molecule has 5 aromatic rings. The van der Waals surface area contributed by atoms with Gasteiger partial charge < -0.3 is 14.7 Å². The van der Waals surface area contributed by atoms with Gasteiger partial charge in [-0.2, -0.15) is 0 Å². The number of rotatable bonds is 14. The second-order valence-electron chi connectivity index (χ2n) is 14.7. The van der Waals surface area contributed by atoms with Gasteiger partial charge in [0.15, 0.2) is 0 Å². The number of unbranched alkanes of at least 4 members (excludes halogenated alkanes) is 2. The van der Waals surface area contributed by atoms with Crippen molar-refractivity contribution in [3.05, 3.63) is 134 Å². The Labute approximate surface area is 355 Å². The number of carbonyl (C=O) groups excluding carboxylic acids is 2. The van der Waals surface area contributed by atoms with Gasteiger partial charge in [-0.25, -0.2) is 23.1 Å². The number of sulfonamides is 1. The molecule has 2 aliphatic heterocycles. The number of aromatic nitrogens is 2. The van der Waals surface area contributed by atoms with Crippen LogP contribution in [0, 0.1) is 0 Å². The van der Waals surface area contributed by atoms with Crippen LogP contribution in [0.1, 0.15) is 82.5 Å². The van der Waals surface area contributed by atoms with Gasteiger partial charge in [-0.3, -0.25) is 9.59 Å². The molecule has 7 rings (SSSR count). The standard InChI is InChI=1S/C44H45Cl3N6O4S/c1-3-5-19-51(20-6-4-2)44-48-26-39(47)41(49-44)35-14-12-32(25-36(35)43(55)53-22-17-30-9-7-8-10-33(30)28-53)42(54)50-58(56,57)34-13-16-40-31(24-34)18-21-52(40)27-29-11-15-37(45)38(46)23-29/h7-16,23-26H,3-6,17-22,27-28H2,1-2H3,(H,50,54). The number of nitrogens with one attached hydrogen (secondary N) is 1. The molecule has 0 saturated heterocycles. The lowest BCUT2D eigenvalue weighted by atomic mass is 9.96. The van der Waals surface area contributed by atoms with E-state index >= 15 is 0 Å². The average molecular weight is 860 g/mol. The number of halogens is 3. The van der Waals surface area contributed by atoms with Gasteiger partial charge in [0.25, 0.3) is 21.8 Å². The molecule has 0 spiro atoms. The van der Waals surface area contributed by atoms with Crippen LogP contribution >= 0.6 is 34.8 Å². The Hall–Kier alpha value is -4.68. The van der Waals surface area contributed by atoms with Gasteiger partial charge in [-0.15, -0.1) is 0 Å². The summed E-state index contributed by atoms with van der Waals surface area (Å²) in [6.07, 6.45) is 6.78. The topological polar surface area (TPSA) is 116 Å². The van der Waals surface area contributed by atoms with Gasteiger partial charge in [0.2, 0.25) is 5.95 Å². The van der Waals surface area contributed by atoms with Crippen LogP contribution in [0.3, 0.4) is 0 Å². The third-order valence-electron chi connectivity index (χ3n) is 10.7. The van der Waals surface area contributed by atoms with E-state index in [2.05, 4.69) is 39.4 Å². The third kappa shape index (κ3) is 9.13. The van der Waals surface area contributed by atoms with E-state index < -0.39 is 15.9 Å². The highest BCUT2D eigenvalue weighted by Crippen LogP contribution is 2.35. The first-order chi connectivity index (χ1) is 27.9. The Morgan fingerprint density at radius 2 is 1.55 bits per heavy atom. The third-order valence-corrected chi connectivity index (χ3v) is 13.0. The van der Waals surface area contributed by atoms with E-state index in [1.807, 2.05) is 30.3 Å². The van der Waals surface area contributed by atoms with E-state index in [0.29, 0.717) is 66.3 Å². The molecule has 0 saturated carbocycles. The van der Waals surface area contributed by atoms with Crippen molar-refractivity contribution >= 4 is 68.3 Å². The lowest BCUT2D eigenvalue weighted by Crippen LogP contribution is -2.36. The first kappa shape index (κ1) is 41.5. The fourth-order valence-electron chi connectivity index (χ4n) is 7.49. The van der Waals surface area contributed by atoms with Crippen molar-refractivity contribution in [2.75, 3.05) is 36.0 Å². The summed E-state index contributed by atoms with van der Waals surface area (Å²) in [4.78, 5) is 43.8. The zero-order valence-electron chi connectivity index (χ0n) is 32.5. The molecule has 10 nitrogen and oxygen atoms in total. The highest BCUT2D eigenvalue weighted by molar-refractivity contribution is 7.90. The quantitative estimate of drug-likeness (QED) is 0.118. The minimum absolute atomic E-state index is 0.0000322. The lowest BCUT2D eigenvalue weighted by Gasteiger charge is -2.30. The summed E-state index contributed by atoms with van der Waals surface area (Å²) >= 11 is 19.1. The largest absolute Gasteiger partial charge is 0.367 e. The number of fused-ring (bicyclic) bond motifs is 2. The summed E-state index contributed by atoms with van der Waals surface area (Å²) in [5.74, 6) is -0.687. The number of hydrogen-bond acceptors (Lipinski definition) is 8.